The molecule has 0 aliphatic heterocycles. The van der Waals surface area contributed by atoms with E-state index in [-0.39, 0.29) is 0 Å². The highest BCUT2D eigenvalue weighted by molar-refractivity contribution is 5.31. The van der Waals surface area contributed by atoms with Crippen molar-refractivity contribution in [1.29, 1.82) is 0 Å². The summed E-state index contributed by atoms with van der Waals surface area (Å²) < 4.78 is 1.70. The van der Waals surface area contributed by atoms with E-state index in [4.69, 9.17) is 5.73 Å². The van der Waals surface area contributed by atoms with E-state index in [0.717, 1.165) is 12.2 Å². The second kappa shape index (κ2) is 2.79. The van der Waals surface area contributed by atoms with Crippen LogP contribution in [0, 0.1) is 0 Å². The minimum atomic E-state index is -0.874. The summed E-state index contributed by atoms with van der Waals surface area (Å²) >= 11 is 0. The number of rotatable bonds is 2. The molecule has 0 fully saturated rings. The Bertz CT molecular complexity index is 272. The van der Waals surface area contributed by atoms with Gasteiger partial charge in [0.05, 0.1) is 5.69 Å². The van der Waals surface area contributed by atoms with E-state index in [9.17, 15) is 5.11 Å². The molecule has 1 heterocycles. The van der Waals surface area contributed by atoms with E-state index in [1.165, 1.54) is 0 Å². The predicted molar refractivity (Wildman–Crippen MR) is 47.6 cm³/mol. The van der Waals surface area contributed by atoms with Gasteiger partial charge in [-0.1, -0.05) is 0 Å². The molecule has 0 unspecified atom stereocenters. The third-order valence-electron chi connectivity index (χ3n) is 1.73. The van der Waals surface area contributed by atoms with Gasteiger partial charge in [-0.05, 0) is 20.8 Å². The van der Waals surface area contributed by atoms with Crippen molar-refractivity contribution >= 4 is 5.82 Å². The number of hydrogen-bond acceptors (Lipinski definition) is 3. The van der Waals surface area contributed by atoms with Crippen LogP contribution in [0.4, 0.5) is 5.82 Å². The second-order valence-electron chi connectivity index (χ2n) is 3.33. The lowest BCUT2D eigenvalue weighted by Crippen LogP contribution is -2.20. The van der Waals surface area contributed by atoms with Crippen molar-refractivity contribution < 1.29 is 5.11 Å². The topological polar surface area (TPSA) is 64.1 Å². The Morgan fingerprint density at radius 2 is 2.25 bits per heavy atom. The van der Waals surface area contributed by atoms with Gasteiger partial charge in [-0.2, -0.15) is 5.10 Å². The van der Waals surface area contributed by atoms with Crippen molar-refractivity contribution in [3.63, 3.8) is 0 Å². The van der Waals surface area contributed by atoms with Crippen molar-refractivity contribution in [3.05, 3.63) is 11.8 Å². The van der Waals surface area contributed by atoms with E-state index in [1.54, 1.807) is 24.6 Å². The van der Waals surface area contributed by atoms with Crippen LogP contribution in [0.25, 0.3) is 0 Å². The first-order valence-electron chi connectivity index (χ1n) is 4.01. The fourth-order valence-corrected chi connectivity index (χ4v) is 1.17. The molecule has 1 aromatic rings. The average Bonchev–Trinajstić information content (AvgIpc) is 2.29. The number of nitrogen functional groups attached to an aromatic ring is 1. The molecule has 68 valence electrons. The number of aryl methyl sites for hydroxylation is 1. The normalized spacial score (nSPS) is 12.0. The molecule has 12 heavy (non-hydrogen) atoms. The molecule has 0 aliphatic carbocycles. The van der Waals surface area contributed by atoms with Gasteiger partial charge < -0.3 is 10.8 Å². The molecule has 0 radical (unpaired) electrons. The van der Waals surface area contributed by atoms with Crippen molar-refractivity contribution in [1.82, 2.24) is 9.78 Å². The van der Waals surface area contributed by atoms with E-state index in [1.807, 2.05) is 6.92 Å². The van der Waals surface area contributed by atoms with Crippen LogP contribution in [0.2, 0.25) is 0 Å². The van der Waals surface area contributed by atoms with Gasteiger partial charge in [-0.25, -0.2) is 0 Å². The zero-order valence-corrected chi connectivity index (χ0v) is 7.70. The van der Waals surface area contributed by atoms with Crippen LogP contribution < -0.4 is 5.73 Å². The van der Waals surface area contributed by atoms with Gasteiger partial charge in [-0.15, -0.1) is 0 Å². The van der Waals surface area contributed by atoms with E-state index in [0.29, 0.717) is 5.82 Å². The molecule has 3 N–H and O–H groups in total. The lowest BCUT2D eigenvalue weighted by molar-refractivity contribution is 0.0685. The first-order valence-corrected chi connectivity index (χ1v) is 4.01. The Labute approximate surface area is 72.0 Å². The second-order valence-corrected chi connectivity index (χ2v) is 3.33. The number of aliphatic hydroxyl groups is 1. The van der Waals surface area contributed by atoms with Gasteiger partial charge in [-0.3, -0.25) is 4.68 Å². The molecule has 0 spiro atoms. The number of aromatic nitrogens is 2. The van der Waals surface area contributed by atoms with E-state index in [2.05, 4.69) is 5.10 Å². The molecule has 0 aromatic carbocycles. The molecule has 0 saturated heterocycles. The minimum absolute atomic E-state index is 0.453. The van der Waals surface area contributed by atoms with Crippen LogP contribution >= 0.6 is 0 Å². The summed E-state index contributed by atoms with van der Waals surface area (Å²) in [4.78, 5) is 0. The molecule has 0 amide bonds. The number of anilines is 1. The molecule has 4 nitrogen and oxygen atoms in total. The van der Waals surface area contributed by atoms with E-state index >= 15 is 0 Å². The molecule has 1 rings (SSSR count). The summed E-state index contributed by atoms with van der Waals surface area (Å²) in [5.41, 5.74) is 5.39. The molecule has 4 heteroatoms. The van der Waals surface area contributed by atoms with Gasteiger partial charge in [0.25, 0.3) is 0 Å². The summed E-state index contributed by atoms with van der Waals surface area (Å²) in [7, 11) is 0. The maximum absolute atomic E-state index is 9.70. The Morgan fingerprint density at radius 3 is 2.58 bits per heavy atom. The monoisotopic (exact) mass is 169 g/mol. The molecular formula is C8H15N3O. The van der Waals surface area contributed by atoms with Gasteiger partial charge in [0.2, 0.25) is 0 Å². The van der Waals surface area contributed by atoms with Crippen LogP contribution in [0.3, 0.4) is 0 Å². The number of nitrogens with zero attached hydrogens (tertiary/aromatic N) is 2. The fourth-order valence-electron chi connectivity index (χ4n) is 1.17. The summed E-state index contributed by atoms with van der Waals surface area (Å²) in [5, 5.41) is 13.7. The lowest BCUT2D eigenvalue weighted by Gasteiger charge is -2.17. The van der Waals surface area contributed by atoms with Crippen LogP contribution in [0.15, 0.2) is 6.07 Å². The first-order chi connectivity index (χ1) is 5.45. The highest BCUT2D eigenvalue weighted by Gasteiger charge is 2.21. The highest BCUT2D eigenvalue weighted by Crippen LogP contribution is 2.21. The first kappa shape index (κ1) is 9.06. The Kier molecular flexibility index (Phi) is 2.10. The maximum Gasteiger partial charge on any atom is 0.145 e. The molecule has 0 saturated carbocycles. The van der Waals surface area contributed by atoms with Crippen LogP contribution in [-0.2, 0) is 12.1 Å². The predicted octanol–water partition coefficient (Wildman–Crippen LogP) is 0.713. The van der Waals surface area contributed by atoms with Gasteiger partial charge in [0, 0.05) is 12.6 Å². The molecule has 0 atom stereocenters. The van der Waals surface area contributed by atoms with Crippen LogP contribution in [-0.4, -0.2) is 14.9 Å². The zero-order chi connectivity index (χ0) is 9.35. The maximum atomic E-state index is 9.70. The highest BCUT2D eigenvalue weighted by atomic mass is 16.3. The Balaban J connectivity index is 3.13. The quantitative estimate of drug-likeness (QED) is 0.685. The third-order valence-corrected chi connectivity index (χ3v) is 1.73. The Morgan fingerprint density at radius 1 is 1.67 bits per heavy atom. The van der Waals surface area contributed by atoms with Crippen molar-refractivity contribution in [2.24, 2.45) is 0 Å². The number of hydrogen-bond donors (Lipinski definition) is 2. The largest absolute Gasteiger partial charge is 0.384 e. The van der Waals surface area contributed by atoms with Crippen molar-refractivity contribution in [2.45, 2.75) is 32.9 Å². The molecular weight excluding hydrogens is 154 g/mol. The van der Waals surface area contributed by atoms with Crippen molar-refractivity contribution in [2.75, 3.05) is 5.73 Å². The van der Waals surface area contributed by atoms with Gasteiger partial charge >= 0.3 is 0 Å². The van der Waals surface area contributed by atoms with Gasteiger partial charge in [0.15, 0.2) is 0 Å². The van der Waals surface area contributed by atoms with E-state index < -0.39 is 5.60 Å². The SMILES string of the molecule is CCn1nc(N)cc1C(C)(C)O. The fraction of sp³-hybridized carbons (Fsp3) is 0.625. The summed E-state index contributed by atoms with van der Waals surface area (Å²) in [6.45, 7) is 6.11. The summed E-state index contributed by atoms with van der Waals surface area (Å²) in [5.74, 6) is 0.453. The summed E-state index contributed by atoms with van der Waals surface area (Å²) in [6, 6.07) is 1.70. The third kappa shape index (κ3) is 1.58. The van der Waals surface area contributed by atoms with Crippen LogP contribution in [0.5, 0.6) is 0 Å². The Hall–Kier alpha value is -1.03. The average molecular weight is 169 g/mol. The van der Waals surface area contributed by atoms with Crippen molar-refractivity contribution in [3.8, 4) is 0 Å². The minimum Gasteiger partial charge on any atom is -0.384 e. The molecule has 0 bridgehead atoms. The number of nitrogens with two attached hydrogens (primary N) is 1. The van der Waals surface area contributed by atoms with Crippen LogP contribution in [0.1, 0.15) is 26.5 Å². The smallest absolute Gasteiger partial charge is 0.145 e. The summed E-state index contributed by atoms with van der Waals surface area (Å²) in [6.07, 6.45) is 0. The zero-order valence-electron chi connectivity index (χ0n) is 7.70. The van der Waals surface area contributed by atoms with Gasteiger partial charge in [0.1, 0.15) is 11.4 Å². The standard InChI is InChI=1S/C8H15N3O/c1-4-11-6(8(2,3)12)5-7(9)10-11/h5,12H,4H2,1-3H3,(H2,9,10). The molecule has 0 aliphatic rings. The molecule has 1 aromatic heterocycles. The lowest BCUT2D eigenvalue weighted by atomic mass is 10.1.